The Labute approximate surface area is 151 Å². The van der Waals surface area contributed by atoms with Crippen molar-refractivity contribution >= 4 is 11.8 Å². The summed E-state index contributed by atoms with van der Waals surface area (Å²) in [6.45, 7) is 7.01. The van der Waals surface area contributed by atoms with E-state index in [0.29, 0.717) is 19.5 Å². The van der Waals surface area contributed by atoms with Crippen LogP contribution in [0.4, 0.5) is 10.6 Å². The number of amides is 2. The van der Waals surface area contributed by atoms with Gasteiger partial charge in [-0.15, -0.1) is 0 Å². The lowest BCUT2D eigenvalue weighted by molar-refractivity contribution is 0.116. The zero-order valence-corrected chi connectivity index (χ0v) is 15.5. The molecule has 3 N–H and O–H groups in total. The third-order valence-corrected chi connectivity index (χ3v) is 4.69. The molecule has 6 heteroatoms. The quantitative estimate of drug-likeness (QED) is 0.708. The Morgan fingerprint density at radius 1 is 1.20 bits per heavy atom. The number of urea groups is 1. The van der Waals surface area contributed by atoms with E-state index in [1.54, 1.807) is 0 Å². The maximum Gasteiger partial charge on any atom is 0.315 e. The van der Waals surface area contributed by atoms with Gasteiger partial charge in [0.1, 0.15) is 5.82 Å². The fourth-order valence-electron chi connectivity index (χ4n) is 2.92. The molecule has 1 unspecified atom stereocenters. The van der Waals surface area contributed by atoms with Gasteiger partial charge in [0.15, 0.2) is 0 Å². The van der Waals surface area contributed by atoms with Gasteiger partial charge in [0.2, 0.25) is 0 Å². The van der Waals surface area contributed by atoms with E-state index < -0.39 is 0 Å². The van der Waals surface area contributed by atoms with Crippen molar-refractivity contribution in [3.05, 3.63) is 23.9 Å². The largest absolute Gasteiger partial charge is 0.393 e. The van der Waals surface area contributed by atoms with Gasteiger partial charge in [-0.1, -0.05) is 32.8 Å². The third kappa shape index (κ3) is 6.90. The van der Waals surface area contributed by atoms with Crippen molar-refractivity contribution in [1.82, 2.24) is 15.6 Å². The van der Waals surface area contributed by atoms with Gasteiger partial charge >= 0.3 is 6.03 Å². The van der Waals surface area contributed by atoms with Gasteiger partial charge in [0.05, 0.1) is 6.10 Å². The fourth-order valence-corrected chi connectivity index (χ4v) is 2.92. The minimum Gasteiger partial charge on any atom is -0.393 e. The predicted octanol–water partition coefficient (Wildman–Crippen LogP) is 2.67. The summed E-state index contributed by atoms with van der Waals surface area (Å²) in [5, 5.41) is 15.3. The Morgan fingerprint density at radius 2 is 1.92 bits per heavy atom. The van der Waals surface area contributed by atoms with Crippen LogP contribution in [0.15, 0.2) is 18.3 Å². The molecular formula is C19H32N4O2. The molecule has 0 aromatic carbocycles. The highest BCUT2D eigenvalue weighted by Crippen LogP contribution is 2.17. The van der Waals surface area contributed by atoms with Gasteiger partial charge in [-0.3, -0.25) is 0 Å². The number of hydrogen-bond donors (Lipinski definition) is 3. The number of nitrogens with zero attached hydrogens (tertiary/aromatic N) is 2. The second kappa shape index (κ2) is 10.2. The number of carbonyl (C=O) groups excluding carboxylic acids is 1. The lowest BCUT2D eigenvalue weighted by atomic mass is 10.0. The van der Waals surface area contributed by atoms with Crippen LogP contribution in [0.25, 0.3) is 0 Å². The van der Waals surface area contributed by atoms with Crippen molar-refractivity contribution < 1.29 is 9.90 Å². The van der Waals surface area contributed by atoms with E-state index in [2.05, 4.69) is 20.5 Å². The van der Waals surface area contributed by atoms with Crippen LogP contribution in [0, 0.1) is 5.92 Å². The molecule has 0 aliphatic carbocycles. The van der Waals surface area contributed by atoms with E-state index in [1.165, 1.54) is 25.7 Å². The first-order valence-electron chi connectivity index (χ1n) is 9.46. The molecule has 2 amide bonds. The smallest absolute Gasteiger partial charge is 0.315 e. The first-order valence-corrected chi connectivity index (χ1v) is 9.46. The van der Waals surface area contributed by atoms with Crippen LogP contribution in [-0.4, -0.2) is 41.9 Å². The Kier molecular flexibility index (Phi) is 7.98. The number of aliphatic hydroxyl groups excluding tert-OH is 1. The highest BCUT2D eigenvalue weighted by Gasteiger charge is 2.11. The highest BCUT2D eigenvalue weighted by molar-refractivity contribution is 5.73. The van der Waals surface area contributed by atoms with Crippen molar-refractivity contribution in [2.75, 3.05) is 24.5 Å². The molecular weight excluding hydrogens is 316 g/mol. The SMILES string of the molecule is CC(C)C(O)CCNC(=O)NCc1ccc(N2CCCCCC2)nc1. The minimum absolute atomic E-state index is 0.207. The molecule has 1 atom stereocenters. The molecule has 25 heavy (non-hydrogen) atoms. The summed E-state index contributed by atoms with van der Waals surface area (Å²) in [4.78, 5) is 18.7. The topological polar surface area (TPSA) is 77.5 Å². The number of rotatable bonds is 7. The Hall–Kier alpha value is -1.82. The number of anilines is 1. The summed E-state index contributed by atoms with van der Waals surface area (Å²) < 4.78 is 0. The molecule has 1 fully saturated rings. The van der Waals surface area contributed by atoms with Crippen LogP contribution in [-0.2, 0) is 6.54 Å². The van der Waals surface area contributed by atoms with E-state index in [9.17, 15) is 9.90 Å². The summed E-state index contributed by atoms with van der Waals surface area (Å²) in [5.74, 6) is 1.23. The van der Waals surface area contributed by atoms with Crippen molar-refractivity contribution in [3.63, 3.8) is 0 Å². The Morgan fingerprint density at radius 3 is 2.52 bits per heavy atom. The number of carbonyl (C=O) groups is 1. The van der Waals surface area contributed by atoms with Crippen molar-refractivity contribution in [2.45, 2.75) is 58.6 Å². The molecule has 0 bridgehead atoms. The van der Waals surface area contributed by atoms with Gasteiger partial charge in [-0.2, -0.15) is 0 Å². The number of pyridine rings is 1. The maximum atomic E-state index is 11.8. The molecule has 6 nitrogen and oxygen atoms in total. The third-order valence-electron chi connectivity index (χ3n) is 4.69. The number of nitrogens with one attached hydrogen (secondary N) is 2. The molecule has 0 radical (unpaired) electrons. The molecule has 1 saturated heterocycles. The molecule has 1 aliphatic rings. The molecule has 1 aromatic rings. The van der Waals surface area contributed by atoms with Crippen LogP contribution in [0.1, 0.15) is 51.5 Å². The van der Waals surface area contributed by atoms with Crippen LogP contribution < -0.4 is 15.5 Å². The zero-order valence-electron chi connectivity index (χ0n) is 15.5. The average molecular weight is 348 g/mol. The summed E-state index contributed by atoms with van der Waals surface area (Å²) in [5.41, 5.74) is 0.982. The van der Waals surface area contributed by atoms with E-state index in [4.69, 9.17) is 0 Å². The van der Waals surface area contributed by atoms with Crippen molar-refractivity contribution in [2.24, 2.45) is 5.92 Å². The van der Waals surface area contributed by atoms with Gasteiger partial charge in [0, 0.05) is 32.4 Å². The van der Waals surface area contributed by atoms with Crippen LogP contribution in [0.2, 0.25) is 0 Å². The van der Waals surface area contributed by atoms with Gasteiger partial charge in [-0.05, 0) is 36.8 Å². The summed E-state index contributed by atoms with van der Waals surface area (Å²) >= 11 is 0. The van der Waals surface area contributed by atoms with Crippen LogP contribution in [0.5, 0.6) is 0 Å². The lowest BCUT2D eigenvalue weighted by Gasteiger charge is -2.21. The van der Waals surface area contributed by atoms with E-state index >= 15 is 0 Å². The number of hydrogen-bond acceptors (Lipinski definition) is 4. The predicted molar refractivity (Wildman–Crippen MR) is 101 cm³/mol. The van der Waals surface area contributed by atoms with E-state index in [1.807, 2.05) is 32.2 Å². The molecule has 140 valence electrons. The van der Waals surface area contributed by atoms with Crippen LogP contribution in [0.3, 0.4) is 0 Å². The average Bonchev–Trinajstić information content (AvgIpc) is 2.89. The minimum atomic E-state index is -0.379. The first-order chi connectivity index (χ1) is 12.1. The monoisotopic (exact) mass is 348 g/mol. The lowest BCUT2D eigenvalue weighted by Crippen LogP contribution is -2.37. The van der Waals surface area contributed by atoms with E-state index in [-0.39, 0.29) is 18.1 Å². The standard InChI is InChI=1S/C19H32N4O2/c1-15(2)17(24)9-10-20-19(25)22-14-16-7-8-18(21-13-16)23-11-5-3-4-6-12-23/h7-8,13,15,17,24H,3-6,9-12,14H2,1-2H3,(H2,20,22,25). The first kappa shape index (κ1) is 19.5. The second-order valence-corrected chi connectivity index (χ2v) is 7.14. The molecule has 2 rings (SSSR count). The van der Waals surface area contributed by atoms with Crippen LogP contribution >= 0.6 is 0 Å². The molecule has 0 saturated carbocycles. The van der Waals surface area contributed by atoms with Crippen molar-refractivity contribution in [1.29, 1.82) is 0 Å². The molecule has 0 spiro atoms. The fraction of sp³-hybridized carbons (Fsp3) is 0.684. The highest BCUT2D eigenvalue weighted by atomic mass is 16.3. The summed E-state index contributed by atoms with van der Waals surface area (Å²) in [6.07, 6.45) is 7.10. The number of aromatic nitrogens is 1. The van der Waals surface area contributed by atoms with Crippen molar-refractivity contribution in [3.8, 4) is 0 Å². The maximum absolute atomic E-state index is 11.8. The van der Waals surface area contributed by atoms with E-state index in [0.717, 1.165) is 24.5 Å². The molecule has 2 heterocycles. The Balaban J connectivity index is 1.71. The van der Waals surface area contributed by atoms with Gasteiger partial charge in [0.25, 0.3) is 0 Å². The zero-order chi connectivity index (χ0) is 18.1. The summed E-state index contributed by atoms with van der Waals surface area (Å²) in [7, 11) is 0. The summed E-state index contributed by atoms with van der Waals surface area (Å²) in [6, 6.07) is 3.85. The normalized spacial score (nSPS) is 16.4. The number of aliphatic hydroxyl groups is 1. The molecule has 1 aromatic heterocycles. The van der Waals surface area contributed by atoms with Gasteiger partial charge in [-0.25, -0.2) is 9.78 Å². The Bertz CT molecular complexity index is 511. The second-order valence-electron chi connectivity index (χ2n) is 7.14. The van der Waals surface area contributed by atoms with Gasteiger partial charge < -0.3 is 20.6 Å². The molecule has 1 aliphatic heterocycles.